The molecule has 128 valence electrons. The average molecular weight is 364 g/mol. The number of hydrogen-bond donors (Lipinski definition) is 1. The van der Waals surface area contributed by atoms with Gasteiger partial charge in [0, 0.05) is 24.2 Å². The summed E-state index contributed by atoms with van der Waals surface area (Å²) < 4.78 is 5.48. The second kappa shape index (κ2) is 8.33. The van der Waals surface area contributed by atoms with Crippen molar-refractivity contribution in [3.63, 3.8) is 0 Å². The molecule has 9 heteroatoms. The maximum Gasteiger partial charge on any atom is 0.312 e. The molecule has 0 spiro atoms. The van der Waals surface area contributed by atoms with Gasteiger partial charge in [0.2, 0.25) is 0 Å². The summed E-state index contributed by atoms with van der Waals surface area (Å²) >= 11 is 5.75. The fourth-order valence-electron chi connectivity index (χ4n) is 2.46. The third-order valence-electron chi connectivity index (χ3n) is 3.70. The maximum atomic E-state index is 12.3. The van der Waals surface area contributed by atoms with E-state index in [1.165, 1.54) is 18.2 Å². The fraction of sp³-hybridized carbons (Fsp3) is 0.500. The Balaban J connectivity index is 0.00000264. The monoisotopic (exact) mass is 363 g/mol. The third-order valence-corrected chi connectivity index (χ3v) is 3.94. The van der Waals surface area contributed by atoms with Gasteiger partial charge in [-0.2, -0.15) is 0 Å². The summed E-state index contributed by atoms with van der Waals surface area (Å²) in [5.74, 6) is 0.144. The minimum absolute atomic E-state index is 0. The summed E-state index contributed by atoms with van der Waals surface area (Å²) in [4.78, 5) is 24.4. The molecule has 0 aromatic heterocycles. The van der Waals surface area contributed by atoms with Crippen LogP contribution in [0.4, 0.5) is 5.69 Å². The highest BCUT2D eigenvalue weighted by molar-refractivity contribution is 6.30. The zero-order valence-corrected chi connectivity index (χ0v) is 14.2. The van der Waals surface area contributed by atoms with Crippen LogP contribution in [0, 0.1) is 16.0 Å². The van der Waals surface area contributed by atoms with Gasteiger partial charge in [0.15, 0.2) is 11.9 Å². The predicted octanol–water partition coefficient (Wildman–Crippen LogP) is 2.24. The lowest BCUT2D eigenvalue weighted by atomic mass is 10.1. The Morgan fingerprint density at radius 1 is 1.61 bits per heavy atom. The second-order valence-corrected chi connectivity index (χ2v) is 5.74. The van der Waals surface area contributed by atoms with E-state index in [2.05, 4.69) is 0 Å². The van der Waals surface area contributed by atoms with Crippen LogP contribution in [-0.2, 0) is 4.79 Å². The molecule has 0 saturated carbocycles. The van der Waals surface area contributed by atoms with Crippen LogP contribution >= 0.6 is 24.0 Å². The standard InChI is InChI=1S/C14H18ClN3O4.ClH/c1-9(14(19)17-5-4-10(7-16)8-17)22-13-3-2-11(15)6-12(13)18(20)21;/h2-3,6,9-10H,4-5,7-8,16H2,1H3;1H. The first-order valence-electron chi connectivity index (χ1n) is 7.01. The van der Waals surface area contributed by atoms with Crippen LogP contribution in [0.3, 0.4) is 0 Å². The van der Waals surface area contributed by atoms with E-state index in [4.69, 9.17) is 22.1 Å². The number of rotatable bonds is 5. The van der Waals surface area contributed by atoms with Gasteiger partial charge in [0.25, 0.3) is 5.91 Å². The molecule has 1 saturated heterocycles. The zero-order valence-electron chi connectivity index (χ0n) is 12.6. The quantitative estimate of drug-likeness (QED) is 0.638. The predicted molar refractivity (Wildman–Crippen MR) is 89.2 cm³/mol. The summed E-state index contributed by atoms with van der Waals surface area (Å²) in [5, 5.41) is 11.3. The van der Waals surface area contributed by atoms with Crippen molar-refractivity contribution < 1.29 is 14.5 Å². The van der Waals surface area contributed by atoms with Gasteiger partial charge in [-0.05, 0) is 37.9 Å². The molecule has 1 fully saturated rings. The first-order chi connectivity index (χ1) is 10.4. The van der Waals surface area contributed by atoms with Gasteiger partial charge >= 0.3 is 5.69 Å². The average Bonchev–Trinajstić information content (AvgIpc) is 2.96. The van der Waals surface area contributed by atoms with Gasteiger partial charge in [0.1, 0.15) is 0 Å². The molecule has 0 bridgehead atoms. The number of halogens is 2. The SMILES string of the molecule is CC(Oc1ccc(Cl)cc1[N+](=O)[O-])C(=O)N1CCC(CN)C1.Cl. The molecular formula is C14H19Cl2N3O4. The first-order valence-corrected chi connectivity index (χ1v) is 7.39. The maximum absolute atomic E-state index is 12.3. The van der Waals surface area contributed by atoms with Crippen LogP contribution in [0.1, 0.15) is 13.3 Å². The molecule has 1 heterocycles. The van der Waals surface area contributed by atoms with Crippen molar-refractivity contribution in [3.8, 4) is 5.75 Å². The molecule has 2 rings (SSSR count). The van der Waals surface area contributed by atoms with E-state index in [1.54, 1.807) is 11.8 Å². The highest BCUT2D eigenvalue weighted by Gasteiger charge is 2.30. The molecule has 2 atom stereocenters. The van der Waals surface area contributed by atoms with Gasteiger partial charge in [-0.1, -0.05) is 11.6 Å². The molecule has 2 unspecified atom stereocenters. The van der Waals surface area contributed by atoms with Gasteiger partial charge < -0.3 is 15.4 Å². The summed E-state index contributed by atoms with van der Waals surface area (Å²) in [6, 6.07) is 4.09. The van der Waals surface area contributed by atoms with Crippen LogP contribution < -0.4 is 10.5 Å². The molecule has 7 nitrogen and oxygen atoms in total. The van der Waals surface area contributed by atoms with Gasteiger partial charge in [-0.15, -0.1) is 12.4 Å². The largest absolute Gasteiger partial charge is 0.474 e. The van der Waals surface area contributed by atoms with Crippen LogP contribution in [0.15, 0.2) is 18.2 Å². The molecule has 23 heavy (non-hydrogen) atoms. The molecule has 1 aromatic carbocycles. The van der Waals surface area contributed by atoms with Crippen molar-refractivity contribution in [2.45, 2.75) is 19.4 Å². The van der Waals surface area contributed by atoms with Crippen molar-refractivity contribution in [2.75, 3.05) is 19.6 Å². The Kier molecular flexibility index (Phi) is 7.05. The number of carbonyl (C=O) groups excluding carboxylic acids is 1. The fourth-order valence-corrected chi connectivity index (χ4v) is 2.62. The molecule has 1 aliphatic heterocycles. The Bertz CT molecular complexity index is 585. The van der Waals surface area contributed by atoms with E-state index in [1.807, 2.05) is 0 Å². The number of carbonyl (C=O) groups is 1. The Morgan fingerprint density at radius 2 is 2.30 bits per heavy atom. The highest BCUT2D eigenvalue weighted by atomic mass is 35.5. The van der Waals surface area contributed by atoms with Gasteiger partial charge in [0.05, 0.1) is 4.92 Å². The van der Waals surface area contributed by atoms with Gasteiger partial charge in [-0.3, -0.25) is 14.9 Å². The number of hydrogen-bond acceptors (Lipinski definition) is 5. The van der Waals surface area contributed by atoms with Crippen molar-refractivity contribution in [2.24, 2.45) is 11.7 Å². The minimum Gasteiger partial charge on any atom is -0.474 e. The second-order valence-electron chi connectivity index (χ2n) is 5.30. The van der Waals surface area contributed by atoms with Crippen molar-refractivity contribution in [3.05, 3.63) is 33.3 Å². The first kappa shape index (κ1) is 19.5. The summed E-state index contributed by atoms with van der Waals surface area (Å²) in [6.07, 6.45) is 0.0622. The lowest BCUT2D eigenvalue weighted by molar-refractivity contribution is -0.386. The molecule has 0 aliphatic carbocycles. The molecule has 1 aromatic rings. The third kappa shape index (κ3) is 4.70. The number of nitrogens with two attached hydrogens (primary N) is 1. The van der Waals surface area contributed by atoms with E-state index in [9.17, 15) is 14.9 Å². The van der Waals surface area contributed by atoms with Crippen molar-refractivity contribution in [1.82, 2.24) is 4.90 Å². The topological polar surface area (TPSA) is 98.7 Å². The van der Waals surface area contributed by atoms with Crippen molar-refractivity contribution >= 4 is 35.6 Å². The number of ether oxygens (including phenoxy) is 1. The highest BCUT2D eigenvalue weighted by Crippen LogP contribution is 2.31. The Labute approximate surface area is 145 Å². The lowest BCUT2D eigenvalue weighted by Crippen LogP contribution is -2.39. The molecule has 0 radical (unpaired) electrons. The number of likely N-dealkylation sites (tertiary alicyclic amines) is 1. The minimum atomic E-state index is -0.809. The van der Waals surface area contributed by atoms with E-state index >= 15 is 0 Å². The Hall–Kier alpha value is -1.57. The normalized spacial score (nSPS) is 18.2. The Morgan fingerprint density at radius 3 is 2.87 bits per heavy atom. The van der Waals surface area contributed by atoms with E-state index in [0.29, 0.717) is 25.6 Å². The number of nitro groups is 1. The van der Waals surface area contributed by atoms with E-state index in [-0.39, 0.29) is 34.8 Å². The lowest BCUT2D eigenvalue weighted by Gasteiger charge is -2.21. The number of benzene rings is 1. The van der Waals surface area contributed by atoms with Crippen LogP contribution in [-0.4, -0.2) is 41.5 Å². The number of amides is 1. The molecule has 1 amide bonds. The van der Waals surface area contributed by atoms with Crippen LogP contribution in [0.5, 0.6) is 5.75 Å². The smallest absolute Gasteiger partial charge is 0.312 e. The van der Waals surface area contributed by atoms with Gasteiger partial charge in [-0.25, -0.2) is 0 Å². The van der Waals surface area contributed by atoms with Crippen LogP contribution in [0.25, 0.3) is 0 Å². The summed E-state index contributed by atoms with van der Waals surface area (Å²) in [5.41, 5.74) is 5.35. The zero-order chi connectivity index (χ0) is 16.3. The van der Waals surface area contributed by atoms with E-state index in [0.717, 1.165) is 6.42 Å². The molecule has 2 N–H and O–H groups in total. The molecular weight excluding hydrogens is 345 g/mol. The number of nitro benzene ring substituents is 1. The number of nitrogens with zero attached hydrogens (tertiary/aromatic N) is 2. The molecule has 1 aliphatic rings. The summed E-state index contributed by atoms with van der Waals surface area (Å²) in [7, 11) is 0. The van der Waals surface area contributed by atoms with Crippen LogP contribution in [0.2, 0.25) is 5.02 Å². The van der Waals surface area contributed by atoms with Crippen molar-refractivity contribution in [1.29, 1.82) is 0 Å². The van der Waals surface area contributed by atoms with E-state index < -0.39 is 11.0 Å². The summed E-state index contributed by atoms with van der Waals surface area (Å²) in [6.45, 7) is 3.36.